The number of aryl methyl sites for hydroxylation is 2. The van der Waals surface area contributed by atoms with Crippen LogP contribution in [0.2, 0.25) is 0 Å². The van der Waals surface area contributed by atoms with Crippen LogP contribution in [0.15, 0.2) is 18.2 Å². The number of hydrogen-bond acceptors (Lipinski definition) is 2. The van der Waals surface area contributed by atoms with E-state index in [0.717, 1.165) is 32.1 Å². The van der Waals surface area contributed by atoms with Gasteiger partial charge in [-0.15, -0.1) is 0 Å². The summed E-state index contributed by atoms with van der Waals surface area (Å²) in [6.45, 7) is 13.6. The van der Waals surface area contributed by atoms with Crippen LogP contribution >= 0.6 is 0 Å². The van der Waals surface area contributed by atoms with Gasteiger partial charge in [-0.2, -0.15) is 0 Å². The lowest BCUT2D eigenvalue weighted by atomic mass is 9.99. The maximum atomic E-state index is 5.88. The summed E-state index contributed by atoms with van der Waals surface area (Å²) in [5, 5.41) is 3.53. The molecule has 0 aromatic heterocycles. The molecule has 1 aromatic carbocycles. The molecule has 0 aliphatic heterocycles. The van der Waals surface area contributed by atoms with Gasteiger partial charge >= 0.3 is 0 Å². The zero-order valence-corrected chi connectivity index (χ0v) is 13.8. The SMILES string of the molecule is CCNC(COCCCC(C)C)c1ccc(C)cc1C. The fourth-order valence-corrected chi connectivity index (χ4v) is 2.52. The van der Waals surface area contributed by atoms with Crippen molar-refractivity contribution in [1.82, 2.24) is 5.32 Å². The third kappa shape index (κ3) is 6.06. The molecule has 0 spiro atoms. The Morgan fingerprint density at radius 1 is 1.20 bits per heavy atom. The van der Waals surface area contributed by atoms with Crippen LogP contribution in [0.5, 0.6) is 0 Å². The molecule has 0 amide bonds. The van der Waals surface area contributed by atoms with Crippen LogP contribution in [0.25, 0.3) is 0 Å². The highest BCUT2D eigenvalue weighted by atomic mass is 16.5. The molecule has 0 heterocycles. The molecule has 0 saturated carbocycles. The molecule has 0 aliphatic rings. The van der Waals surface area contributed by atoms with E-state index in [1.807, 2.05) is 0 Å². The molecule has 1 rings (SSSR count). The van der Waals surface area contributed by atoms with Gasteiger partial charge in [-0.1, -0.05) is 44.5 Å². The van der Waals surface area contributed by atoms with E-state index >= 15 is 0 Å². The van der Waals surface area contributed by atoms with Crippen molar-refractivity contribution >= 4 is 0 Å². The van der Waals surface area contributed by atoms with Crippen molar-refractivity contribution in [3.05, 3.63) is 34.9 Å². The predicted octanol–water partition coefficient (Wildman–Crippen LogP) is 4.41. The minimum Gasteiger partial charge on any atom is -0.379 e. The Hall–Kier alpha value is -0.860. The molecular weight excluding hydrogens is 246 g/mol. The normalized spacial score (nSPS) is 12.9. The van der Waals surface area contributed by atoms with E-state index in [1.54, 1.807) is 0 Å². The first-order valence-electron chi connectivity index (χ1n) is 7.92. The zero-order chi connectivity index (χ0) is 15.0. The molecule has 2 nitrogen and oxygen atoms in total. The first-order valence-corrected chi connectivity index (χ1v) is 7.92. The van der Waals surface area contributed by atoms with Crippen molar-refractivity contribution in [1.29, 1.82) is 0 Å². The molecule has 20 heavy (non-hydrogen) atoms. The molecule has 2 heteroatoms. The van der Waals surface area contributed by atoms with Crippen LogP contribution in [-0.2, 0) is 4.74 Å². The van der Waals surface area contributed by atoms with E-state index in [-0.39, 0.29) is 0 Å². The second kappa shape index (κ2) is 9.15. The van der Waals surface area contributed by atoms with E-state index in [9.17, 15) is 0 Å². The van der Waals surface area contributed by atoms with Gasteiger partial charge in [0.2, 0.25) is 0 Å². The Morgan fingerprint density at radius 3 is 2.55 bits per heavy atom. The van der Waals surface area contributed by atoms with Crippen LogP contribution in [0.1, 0.15) is 56.3 Å². The highest BCUT2D eigenvalue weighted by molar-refractivity contribution is 5.32. The lowest BCUT2D eigenvalue weighted by Gasteiger charge is -2.21. The lowest BCUT2D eigenvalue weighted by molar-refractivity contribution is 0.106. The first kappa shape index (κ1) is 17.2. The Labute approximate surface area is 124 Å². The molecule has 0 radical (unpaired) electrons. The molecule has 1 atom stereocenters. The van der Waals surface area contributed by atoms with Gasteiger partial charge in [-0.3, -0.25) is 0 Å². The van der Waals surface area contributed by atoms with Crippen molar-refractivity contribution in [3.8, 4) is 0 Å². The van der Waals surface area contributed by atoms with E-state index in [2.05, 4.69) is 58.1 Å². The summed E-state index contributed by atoms with van der Waals surface area (Å²) < 4.78 is 5.88. The summed E-state index contributed by atoms with van der Waals surface area (Å²) in [7, 11) is 0. The van der Waals surface area contributed by atoms with Crippen LogP contribution in [-0.4, -0.2) is 19.8 Å². The van der Waals surface area contributed by atoms with Crippen LogP contribution in [0.4, 0.5) is 0 Å². The topological polar surface area (TPSA) is 21.3 Å². The number of likely N-dealkylation sites (N-methyl/N-ethyl adjacent to an activating group) is 1. The quantitative estimate of drug-likeness (QED) is 0.675. The molecule has 0 aliphatic carbocycles. The Bertz CT molecular complexity index is 387. The highest BCUT2D eigenvalue weighted by Crippen LogP contribution is 2.19. The summed E-state index contributed by atoms with van der Waals surface area (Å²) in [6.07, 6.45) is 2.40. The summed E-state index contributed by atoms with van der Waals surface area (Å²) in [6, 6.07) is 6.97. The van der Waals surface area contributed by atoms with Crippen molar-refractivity contribution in [3.63, 3.8) is 0 Å². The van der Waals surface area contributed by atoms with Gasteiger partial charge in [0, 0.05) is 6.61 Å². The minimum atomic E-state index is 0.305. The second-order valence-electron chi connectivity index (χ2n) is 6.08. The summed E-state index contributed by atoms with van der Waals surface area (Å²) in [4.78, 5) is 0. The van der Waals surface area contributed by atoms with Gasteiger partial charge in [0.05, 0.1) is 12.6 Å². The van der Waals surface area contributed by atoms with Gasteiger partial charge in [-0.05, 0) is 50.3 Å². The Balaban J connectivity index is 2.51. The van der Waals surface area contributed by atoms with Gasteiger partial charge in [0.15, 0.2) is 0 Å². The van der Waals surface area contributed by atoms with Crippen molar-refractivity contribution in [2.24, 2.45) is 5.92 Å². The number of benzene rings is 1. The molecule has 1 aromatic rings. The fourth-order valence-electron chi connectivity index (χ4n) is 2.52. The molecule has 114 valence electrons. The highest BCUT2D eigenvalue weighted by Gasteiger charge is 2.12. The molecular formula is C18H31NO. The van der Waals surface area contributed by atoms with Gasteiger partial charge in [-0.25, -0.2) is 0 Å². The summed E-state index contributed by atoms with van der Waals surface area (Å²) >= 11 is 0. The number of ether oxygens (including phenoxy) is 1. The smallest absolute Gasteiger partial charge is 0.0661 e. The largest absolute Gasteiger partial charge is 0.379 e. The van der Waals surface area contributed by atoms with E-state index in [1.165, 1.54) is 23.1 Å². The van der Waals surface area contributed by atoms with E-state index in [0.29, 0.717) is 6.04 Å². The van der Waals surface area contributed by atoms with E-state index in [4.69, 9.17) is 4.74 Å². The monoisotopic (exact) mass is 277 g/mol. The lowest BCUT2D eigenvalue weighted by Crippen LogP contribution is -2.26. The summed E-state index contributed by atoms with van der Waals surface area (Å²) in [5.74, 6) is 0.766. The number of rotatable bonds is 9. The van der Waals surface area contributed by atoms with Crippen molar-refractivity contribution in [2.75, 3.05) is 19.8 Å². The van der Waals surface area contributed by atoms with Crippen molar-refractivity contribution in [2.45, 2.75) is 53.5 Å². The van der Waals surface area contributed by atoms with Crippen molar-refractivity contribution < 1.29 is 4.74 Å². The summed E-state index contributed by atoms with van der Waals surface area (Å²) in [5.41, 5.74) is 4.03. The third-order valence-electron chi connectivity index (χ3n) is 3.61. The fraction of sp³-hybridized carbons (Fsp3) is 0.667. The van der Waals surface area contributed by atoms with Gasteiger partial charge in [0.1, 0.15) is 0 Å². The van der Waals surface area contributed by atoms with Gasteiger partial charge < -0.3 is 10.1 Å². The first-order chi connectivity index (χ1) is 9.54. The third-order valence-corrected chi connectivity index (χ3v) is 3.61. The zero-order valence-electron chi connectivity index (χ0n) is 13.8. The molecule has 0 fully saturated rings. The number of hydrogen-bond donors (Lipinski definition) is 1. The molecule has 1 N–H and O–H groups in total. The molecule has 0 saturated heterocycles. The average Bonchev–Trinajstić information content (AvgIpc) is 2.37. The molecule has 0 bridgehead atoms. The van der Waals surface area contributed by atoms with Crippen LogP contribution < -0.4 is 5.32 Å². The van der Waals surface area contributed by atoms with Crippen LogP contribution in [0, 0.1) is 19.8 Å². The van der Waals surface area contributed by atoms with E-state index < -0.39 is 0 Å². The predicted molar refractivity (Wildman–Crippen MR) is 87.2 cm³/mol. The average molecular weight is 277 g/mol. The number of nitrogens with one attached hydrogen (secondary N) is 1. The van der Waals surface area contributed by atoms with Crippen LogP contribution in [0.3, 0.4) is 0 Å². The Kier molecular flexibility index (Phi) is 7.86. The molecule has 1 unspecified atom stereocenters. The van der Waals surface area contributed by atoms with Gasteiger partial charge in [0.25, 0.3) is 0 Å². The second-order valence-corrected chi connectivity index (χ2v) is 6.08. The maximum absolute atomic E-state index is 5.88. The Morgan fingerprint density at radius 2 is 1.95 bits per heavy atom. The minimum absolute atomic E-state index is 0.305. The maximum Gasteiger partial charge on any atom is 0.0661 e. The standard InChI is InChI=1S/C18H31NO/c1-6-19-18(13-20-11-7-8-14(2)3)17-10-9-15(4)12-16(17)5/h9-10,12,14,18-19H,6-8,11,13H2,1-5H3.